The third-order valence-corrected chi connectivity index (χ3v) is 5.54. The van der Waals surface area contributed by atoms with Crippen LogP contribution in [0.5, 0.6) is 0 Å². The van der Waals surface area contributed by atoms with Crippen molar-refractivity contribution in [2.45, 2.75) is 44.2 Å². The van der Waals surface area contributed by atoms with E-state index >= 15 is 0 Å². The fourth-order valence-corrected chi connectivity index (χ4v) is 3.78. The number of hydrogen-bond donors (Lipinski definition) is 1. The minimum Gasteiger partial charge on any atom is -0.452 e. The maximum absolute atomic E-state index is 12.9. The second-order valence-corrected chi connectivity index (χ2v) is 7.96. The van der Waals surface area contributed by atoms with Crippen LogP contribution in [0.1, 0.15) is 33.2 Å². The van der Waals surface area contributed by atoms with Gasteiger partial charge in [-0.3, -0.25) is 0 Å². The molecule has 0 spiro atoms. The van der Waals surface area contributed by atoms with Crippen molar-refractivity contribution >= 4 is 11.9 Å². The minimum atomic E-state index is -1.51. The number of rotatable bonds is 7. The molecule has 176 valence electrons. The Kier molecular flexibility index (Phi) is 7.69. The van der Waals surface area contributed by atoms with Gasteiger partial charge in [-0.1, -0.05) is 66.7 Å². The van der Waals surface area contributed by atoms with Crippen molar-refractivity contribution < 1.29 is 33.6 Å². The standard InChI is InChI=1S/C27H26O7/c1-18-22(31-17-19-11-5-2-6-12-19)23(33-25(28)20-13-7-3-8-14-20)24(27(30)32-18)34-26(29)21-15-9-4-10-16-21/h2-16,18,22-24,27,30H,17H2,1H3. The van der Waals surface area contributed by atoms with Crippen LogP contribution in [0.15, 0.2) is 91.0 Å². The Morgan fingerprint density at radius 3 is 1.74 bits per heavy atom. The number of hydrogen-bond acceptors (Lipinski definition) is 7. The zero-order valence-corrected chi connectivity index (χ0v) is 18.7. The maximum Gasteiger partial charge on any atom is 0.338 e. The van der Waals surface area contributed by atoms with Gasteiger partial charge in [0.25, 0.3) is 0 Å². The Labute approximate surface area is 197 Å². The summed E-state index contributed by atoms with van der Waals surface area (Å²) in [4.78, 5) is 25.7. The number of benzene rings is 3. The smallest absolute Gasteiger partial charge is 0.338 e. The Balaban J connectivity index is 1.59. The lowest BCUT2D eigenvalue weighted by Crippen LogP contribution is -2.60. The SMILES string of the molecule is CC1OC(O)C(OC(=O)c2ccccc2)C(OC(=O)c2ccccc2)C1OCc1ccccc1. The average molecular weight is 462 g/mol. The van der Waals surface area contributed by atoms with E-state index in [9.17, 15) is 14.7 Å². The quantitative estimate of drug-likeness (QED) is 0.535. The van der Waals surface area contributed by atoms with Crippen molar-refractivity contribution in [3.8, 4) is 0 Å². The molecule has 0 saturated carbocycles. The lowest BCUT2D eigenvalue weighted by Gasteiger charge is -2.42. The molecule has 7 heteroatoms. The lowest BCUT2D eigenvalue weighted by atomic mass is 9.98. The molecule has 4 rings (SSSR count). The number of aliphatic hydroxyl groups is 1. The monoisotopic (exact) mass is 462 g/mol. The molecule has 3 aromatic rings. The van der Waals surface area contributed by atoms with Crippen LogP contribution in [-0.2, 0) is 25.6 Å². The van der Waals surface area contributed by atoms with Crippen molar-refractivity contribution in [3.63, 3.8) is 0 Å². The molecule has 0 bridgehead atoms. The first-order valence-electron chi connectivity index (χ1n) is 11.0. The number of esters is 2. The van der Waals surface area contributed by atoms with Crippen LogP contribution in [0, 0.1) is 0 Å². The zero-order valence-electron chi connectivity index (χ0n) is 18.7. The number of ether oxygens (including phenoxy) is 4. The molecule has 5 atom stereocenters. The van der Waals surface area contributed by atoms with Gasteiger partial charge in [0.1, 0.15) is 6.10 Å². The molecule has 7 nitrogen and oxygen atoms in total. The van der Waals surface area contributed by atoms with Gasteiger partial charge in [-0.25, -0.2) is 9.59 Å². The molecular weight excluding hydrogens is 436 g/mol. The van der Waals surface area contributed by atoms with Crippen LogP contribution in [0.25, 0.3) is 0 Å². The largest absolute Gasteiger partial charge is 0.452 e. The molecule has 1 saturated heterocycles. The summed E-state index contributed by atoms with van der Waals surface area (Å²) in [6.07, 6.45) is -5.35. The first-order valence-corrected chi connectivity index (χ1v) is 11.0. The van der Waals surface area contributed by atoms with Gasteiger partial charge in [0.05, 0.1) is 23.8 Å². The molecule has 1 fully saturated rings. The number of aliphatic hydroxyl groups excluding tert-OH is 1. The summed E-state index contributed by atoms with van der Waals surface area (Å²) in [5.41, 5.74) is 1.53. The summed E-state index contributed by atoms with van der Waals surface area (Å²) < 4.78 is 23.1. The molecule has 0 radical (unpaired) electrons. The van der Waals surface area contributed by atoms with Gasteiger partial charge in [0, 0.05) is 0 Å². The van der Waals surface area contributed by atoms with E-state index in [0.717, 1.165) is 5.56 Å². The van der Waals surface area contributed by atoms with E-state index in [1.807, 2.05) is 30.3 Å². The molecule has 1 aliphatic heterocycles. The third-order valence-electron chi connectivity index (χ3n) is 5.54. The zero-order chi connectivity index (χ0) is 23.9. The number of carbonyl (C=O) groups is 2. The maximum atomic E-state index is 12.9. The average Bonchev–Trinajstić information content (AvgIpc) is 2.87. The molecule has 1 heterocycles. The molecule has 34 heavy (non-hydrogen) atoms. The van der Waals surface area contributed by atoms with E-state index < -0.39 is 42.6 Å². The van der Waals surface area contributed by atoms with Crippen molar-refractivity contribution in [1.29, 1.82) is 0 Å². The molecule has 5 unspecified atom stereocenters. The van der Waals surface area contributed by atoms with E-state index in [4.69, 9.17) is 18.9 Å². The van der Waals surface area contributed by atoms with E-state index in [2.05, 4.69) is 0 Å². The molecule has 1 N–H and O–H groups in total. The first-order chi connectivity index (χ1) is 16.5. The van der Waals surface area contributed by atoms with Crippen LogP contribution in [0.3, 0.4) is 0 Å². The highest BCUT2D eigenvalue weighted by molar-refractivity contribution is 5.90. The summed E-state index contributed by atoms with van der Waals surface area (Å²) in [5.74, 6) is -1.30. The van der Waals surface area contributed by atoms with E-state index in [1.54, 1.807) is 67.6 Å². The molecule has 0 aromatic heterocycles. The van der Waals surface area contributed by atoms with Crippen LogP contribution in [0.2, 0.25) is 0 Å². The predicted molar refractivity (Wildman–Crippen MR) is 123 cm³/mol. The minimum absolute atomic E-state index is 0.216. The Morgan fingerprint density at radius 2 is 1.21 bits per heavy atom. The van der Waals surface area contributed by atoms with Gasteiger partial charge in [0.15, 0.2) is 18.5 Å². The van der Waals surface area contributed by atoms with Gasteiger partial charge in [-0.15, -0.1) is 0 Å². The Hall–Kier alpha value is -3.52. The molecular formula is C27H26O7. The number of carbonyl (C=O) groups excluding carboxylic acids is 2. The predicted octanol–water partition coefficient (Wildman–Crippen LogP) is 3.76. The van der Waals surface area contributed by atoms with Crippen LogP contribution < -0.4 is 0 Å². The second kappa shape index (κ2) is 11.1. The highest BCUT2D eigenvalue weighted by Gasteiger charge is 2.49. The molecule has 3 aromatic carbocycles. The fourth-order valence-electron chi connectivity index (χ4n) is 3.78. The van der Waals surface area contributed by atoms with Crippen molar-refractivity contribution in [1.82, 2.24) is 0 Å². The van der Waals surface area contributed by atoms with Gasteiger partial charge in [-0.05, 0) is 36.8 Å². The summed E-state index contributed by atoms with van der Waals surface area (Å²) >= 11 is 0. The van der Waals surface area contributed by atoms with Gasteiger partial charge < -0.3 is 24.1 Å². The van der Waals surface area contributed by atoms with Crippen molar-refractivity contribution in [2.24, 2.45) is 0 Å². The normalized spacial score (nSPS) is 24.2. The first kappa shape index (κ1) is 23.6. The van der Waals surface area contributed by atoms with Crippen LogP contribution in [0.4, 0.5) is 0 Å². The summed E-state index contributed by atoms with van der Waals surface area (Å²) in [6, 6.07) is 26.3. The fraction of sp³-hybridized carbons (Fsp3) is 0.259. The third kappa shape index (κ3) is 5.69. The van der Waals surface area contributed by atoms with Crippen LogP contribution >= 0.6 is 0 Å². The molecule has 0 amide bonds. The Morgan fingerprint density at radius 1 is 0.735 bits per heavy atom. The highest BCUT2D eigenvalue weighted by atomic mass is 16.7. The van der Waals surface area contributed by atoms with Crippen LogP contribution in [-0.4, -0.2) is 47.8 Å². The second-order valence-electron chi connectivity index (χ2n) is 7.96. The Bertz CT molecular complexity index is 1070. The van der Waals surface area contributed by atoms with Gasteiger partial charge in [0.2, 0.25) is 0 Å². The summed E-state index contributed by atoms with van der Waals surface area (Å²) in [5, 5.41) is 10.6. The molecule has 1 aliphatic rings. The van der Waals surface area contributed by atoms with Crippen molar-refractivity contribution in [2.75, 3.05) is 0 Å². The van der Waals surface area contributed by atoms with Gasteiger partial charge in [-0.2, -0.15) is 0 Å². The lowest BCUT2D eigenvalue weighted by molar-refractivity contribution is -0.285. The van der Waals surface area contributed by atoms with Crippen molar-refractivity contribution in [3.05, 3.63) is 108 Å². The molecule has 0 aliphatic carbocycles. The van der Waals surface area contributed by atoms with E-state index in [0.29, 0.717) is 11.1 Å². The summed E-state index contributed by atoms with van der Waals surface area (Å²) in [7, 11) is 0. The van der Waals surface area contributed by atoms with E-state index in [1.165, 1.54) is 0 Å². The van der Waals surface area contributed by atoms with E-state index in [-0.39, 0.29) is 6.61 Å². The summed E-state index contributed by atoms with van der Waals surface area (Å²) in [6.45, 7) is 1.92. The highest BCUT2D eigenvalue weighted by Crippen LogP contribution is 2.29. The topological polar surface area (TPSA) is 91.3 Å². The van der Waals surface area contributed by atoms with Gasteiger partial charge >= 0.3 is 11.9 Å².